The standard InChI is InChI=1S/C20H18F2N2O3/c1-12-4-6-16(8-13(12)2)24-19(25)15(11-23)9-14-5-7-17(26-3)18(10-14)27-20(21)22/h4-10,20H,1-3H3,(H,24,25)/b15-9+. The summed E-state index contributed by atoms with van der Waals surface area (Å²) >= 11 is 0. The maximum Gasteiger partial charge on any atom is 0.387 e. The van der Waals surface area contributed by atoms with Crippen LogP contribution in [0.15, 0.2) is 42.0 Å². The lowest BCUT2D eigenvalue weighted by molar-refractivity contribution is -0.112. The van der Waals surface area contributed by atoms with Crippen molar-refractivity contribution in [2.24, 2.45) is 0 Å². The van der Waals surface area contributed by atoms with E-state index in [1.807, 2.05) is 26.0 Å². The van der Waals surface area contributed by atoms with Gasteiger partial charge in [-0.15, -0.1) is 0 Å². The molecule has 0 aromatic heterocycles. The van der Waals surface area contributed by atoms with Gasteiger partial charge >= 0.3 is 6.61 Å². The topological polar surface area (TPSA) is 71.3 Å². The van der Waals surface area contributed by atoms with Crippen molar-refractivity contribution in [3.05, 3.63) is 58.7 Å². The van der Waals surface area contributed by atoms with E-state index in [9.17, 15) is 18.8 Å². The Morgan fingerprint density at radius 2 is 1.89 bits per heavy atom. The number of carbonyl (C=O) groups is 1. The van der Waals surface area contributed by atoms with Crippen molar-refractivity contribution in [2.45, 2.75) is 20.5 Å². The van der Waals surface area contributed by atoms with Gasteiger partial charge in [0.25, 0.3) is 5.91 Å². The first-order chi connectivity index (χ1) is 12.8. The van der Waals surface area contributed by atoms with E-state index in [0.717, 1.165) is 11.1 Å². The first-order valence-electron chi connectivity index (χ1n) is 7.97. The van der Waals surface area contributed by atoms with Crippen LogP contribution in [0.1, 0.15) is 16.7 Å². The van der Waals surface area contributed by atoms with Crippen LogP contribution in [0.5, 0.6) is 11.5 Å². The molecule has 0 aliphatic carbocycles. The number of methoxy groups -OCH3 is 1. The molecule has 0 unspecified atom stereocenters. The van der Waals surface area contributed by atoms with E-state index in [-0.39, 0.29) is 17.1 Å². The van der Waals surface area contributed by atoms with Crippen LogP contribution in [0.3, 0.4) is 0 Å². The lowest BCUT2D eigenvalue weighted by atomic mass is 10.1. The molecule has 2 aromatic rings. The molecule has 0 heterocycles. The number of halogens is 2. The zero-order valence-corrected chi connectivity index (χ0v) is 15.0. The van der Waals surface area contributed by atoms with Crippen LogP contribution in [0.25, 0.3) is 6.08 Å². The summed E-state index contributed by atoms with van der Waals surface area (Å²) in [5.41, 5.74) is 2.80. The SMILES string of the molecule is COc1ccc(/C=C(\C#N)C(=O)Nc2ccc(C)c(C)c2)cc1OC(F)F. The number of benzene rings is 2. The Balaban J connectivity index is 2.27. The maximum absolute atomic E-state index is 12.5. The quantitative estimate of drug-likeness (QED) is 0.600. The molecule has 1 amide bonds. The molecule has 0 aliphatic rings. The average Bonchev–Trinajstić information content (AvgIpc) is 2.62. The number of carbonyl (C=O) groups excluding carboxylic acids is 1. The van der Waals surface area contributed by atoms with Gasteiger partial charge in [-0.25, -0.2) is 0 Å². The van der Waals surface area contributed by atoms with Crippen LogP contribution in [-0.4, -0.2) is 19.6 Å². The molecule has 2 aromatic carbocycles. The molecular formula is C20H18F2N2O3. The molecule has 1 N–H and O–H groups in total. The summed E-state index contributed by atoms with van der Waals surface area (Å²) in [4.78, 5) is 12.4. The van der Waals surface area contributed by atoms with Gasteiger partial charge in [0.2, 0.25) is 0 Å². The highest BCUT2D eigenvalue weighted by Gasteiger charge is 2.13. The van der Waals surface area contributed by atoms with E-state index in [2.05, 4.69) is 10.1 Å². The Bertz CT molecular complexity index is 918. The summed E-state index contributed by atoms with van der Waals surface area (Å²) in [6.45, 7) is 0.833. The highest BCUT2D eigenvalue weighted by atomic mass is 19.3. The van der Waals surface area contributed by atoms with Crippen molar-refractivity contribution in [3.8, 4) is 17.6 Å². The third kappa shape index (κ3) is 5.28. The summed E-state index contributed by atoms with van der Waals surface area (Å²) < 4.78 is 34.4. The third-order valence-corrected chi connectivity index (χ3v) is 3.84. The fraction of sp³-hybridized carbons (Fsp3) is 0.200. The van der Waals surface area contributed by atoms with Gasteiger partial charge in [-0.05, 0) is 60.9 Å². The lowest BCUT2D eigenvalue weighted by Crippen LogP contribution is -2.13. The fourth-order valence-electron chi connectivity index (χ4n) is 2.30. The highest BCUT2D eigenvalue weighted by Crippen LogP contribution is 2.30. The molecule has 0 saturated heterocycles. The zero-order valence-electron chi connectivity index (χ0n) is 15.0. The number of alkyl halides is 2. The molecule has 0 radical (unpaired) electrons. The molecular weight excluding hydrogens is 354 g/mol. The van der Waals surface area contributed by atoms with E-state index in [0.29, 0.717) is 11.3 Å². The van der Waals surface area contributed by atoms with Crippen LogP contribution in [-0.2, 0) is 4.79 Å². The normalized spacial score (nSPS) is 11.1. The zero-order chi connectivity index (χ0) is 20.0. The van der Waals surface area contributed by atoms with E-state index in [1.54, 1.807) is 12.1 Å². The van der Waals surface area contributed by atoms with Crippen LogP contribution in [0.4, 0.5) is 14.5 Å². The molecule has 0 bridgehead atoms. The van der Waals surface area contributed by atoms with E-state index >= 15 is 0 Å². The first-order valence-corrected chi connectivity index (χ1v) is 7.97. The number of aryl methyl sites for hydroxylation is 2. The maximum atomic E-state index is 12.5. The largest absolute Gasteiger partial charge is 0.493 e. The number of anilines is 1. The summed E-state index contributed by atoms with van der Waals surface area (Å²) in [5, 5.41) is 11.9. The summed E-state index contributed by atoms with van der Waals surface area (Å²) in [6.07, 6.45) is 1.29. The molecule has 0 atom stereocenters. The number of hydrogen-bond acceptors (Lipinski definition) is 4. The summed E-state index contributed by atoms with van der Waals surface area (Å²) in [5.74, 6) is -0.674. The van der Waals surface area contributed by atoms with Gasteiger partial charge in [0.15, 0.2) is 11.5 Å². The van der Waals surface area contributed by atoms with E-state index in [1.165, 1.54) is 31.4 Å². The van der Waals surface area contributed by atoms with Crippen molar-refractivity contribution in [1.82, 2.24) is 0 Å². The number of nitrogens with zero attached hydrogens (tertiary/aromatic N) is 1. The minimum atomic E-state index is -3.03. The van der Waals surface area contributed by atoms with Gasteiger partial charge in [-0.1, -0.05) is 12.1 Å². The molecule has 0 aliphatic heterocycles. The lowest BCUT2D eigenvalue weighted by Gasteiger charge is -2.10. The van der Waals surface area contributed by atoms with Gasteiger partial charge in [0, 0.05) is 5.69 Å². The Morgan fingerprint density at radius 1 is 1.15 bits per heavy atom. The van der Waals surface area contributed by atoms with Gasteiger partial charge in [0.1, 0.15) is 11.6 Å². The van der Waals surface area contributed by atoms with Gasteiger partial charge in [-0.3, -0.25) is 4.79 Å². The number of ether oxygens (including phenoxy) is 2. The van der Waals surface area contributed by atoms with Crippen molar-refractivity contribution >= 4 is 17.7 Å². The van der Waals surface area contributed by atoms with Crippen molar-refractivity contribution in [3.63, 3.8) is 0 Å². The number of hydrogen-bond donors (Lipinski definition) is 1. The van der Waals surface area contributed by atoms with Crippen LogP contribution in [0.2, 0.25) is 0 Å². The first kappa shape index (κ1) is 19.9. The predicted octanol–water partition coefficient (Wildman–Crippen LogP) is 4.46. The molecule has 0 saturated carbocycles. The van der Waals surface area contributed by atoms with Crippen molar-refractivity contribution in [2.75, 3.05) is 12.4 Å². The second-order valence-corrected chi connectivity index (χ2v) is 5.71. The smallest absolute Gasteiger partial charge is 0.387 e. The fourth-order valence-corrected chi connectivity index (χ4v) is 2.30. The van der Waals surface area contributed by atoms with Crippen molar-refractivity contribution < 1.29 is 23.0 Å². The van der Waals surface area contributed by atoms with E-state index < -0.39 is 12.5 Å². The molecule has 5 nitrogen and oxygen atoms in total. The number of nitriles is 1. The van der Waals surface area contributed by atoms with Crippen molar-refractivity contribution in [1.29, 1.82) is 5.26 Å². The van der Waals surface area contributed by atoms with Gasteiger partial charge < -0.3 is 14.8 Å². The van der Waals surface area contributed by atoms with Crippen LogP contribution in [0, 0.1) is 25.2 Å². The van der Waals surface area contributed by atoms with Crippen LogP contribution < -0.4 is 14.8 Å². The number of amides is 1. The monoisotopic (exact) mass is 372 g/mol. The molecule has 0 fully saturated rings. The molecule has 7 heteroatoms. The minimum absolute atomic E-state index is 0.116. The Hall–Kier alpha value is -3.40. The van der Waals surface area contributed by atoms with Gasteiger partial charge in [0.05, 0.1) is 7.11 Å². The Kier molecular flexibility index (Phi) is 6.50. The molecule has 0 spiro atoms. The second kappa shape index (κ2) is 8.81. The number of nitrogens with one attached hydrogen (secondary N) is 1. The average molecular weight is 372 g/mol. The molecule has 140 valence electrons. The molecule has 2 rings (SSSR count). The summed E-state index contributed by atoms with van der Waals surface area (Å²) in [6, 6.07) is 11.4. The van der Waals surface area contributed by atoms with Gasteiger partial charge in [-0.2, -0.15) is 14.0 Å². The second-order valence-electron chi connectivity index (χ2n) is 5.71. The van der Waals surface area contributed by atoms with E-state index in [4.69, 9.17) is 4.74 Å². The predicted molar refractivity (Wildman–Crippen MR) is 97.8 cm³/mol. The minimum Gasteiger partial charge on any atom is -0.493 e. The highest BCUT2D eigenvalue weighted by molar-refractivity contribution is 6.09. The molecule has 27 heavy (non-hydrogen) atoms. The number of rotatable bonds is 6. The Morgan fingerprint density at radius 3 is 2.48 bits per heavy atom. The Labute approximate surface area is 155 Å². The third-order valence-electron chi connectivity index (χ3n) is 3.84. The van der Waals surface area contributed by atoms with Crippen LogP contribution >= 0.6 is 0 Å². The summed E-state index contributed by atoms with van der Waals surface area (Å²) in [7, 11) is 1.32.